The maximum Gasteiger partial charge on any atom is 0.411 e. The first-order chi connectivity index (χ1) is 12.5. The van der Waals surface area contributed by atoms with Gasteiger partial charge in [-0.3, -0.25) is 9.69 Å². The molecule has 0 spiro atoms. The van der Waals surface area contributed by atoms with Crippen LogP contribution in [0.15, 0.2) is 18.2 Å². The van der Waals surface area contributed by atoms with Gasteiger partial charge in [-0.2, -0.15) is 0 Å². The fourth-order valence-electron chi connectivity index (χ4n) is 3.03. The minimum atomic E-state index is -0.714. The van der Waals surface area contributed by atoms with Gasteiger partial charge in [0.05, 0.1) is 0 Å². The van der Waals surface area contributed by atoms with Gasteiger partial charge in [-0.1, -0.05) is 6.07 Å². The molecule has 27 heavy (non-hydrogen) atoms. The van der Waals surface area contributed by atoms with Crippen molar-refractivity contribution in [1.29, 1.82) is 0 Å². The van der Waals surface area contributed by atoms with Crippen molar-refractivity contribution in [2.45, 2.75) is 59.1 Å². The SMILES string of the molecule is Cc1cc(C)cc(NC(=O)COC(=O)[C@@H]2CCCN2C(=O)OC(C)(C)C)c1. The molecule has 0 bridgehead atoms. The van der Waals surface area contributed by atoms with E-state index in [0.717, 1.165) is 11.1 Å². The summed E-state index contributed by atoms with van der Waals surface area (Å²) in [6.07, 6.45) is 0.645. The van der Waals surface area contributed by atoms with Crippen molar-refractivity contribution in [3.05, 3.63) is 29.3 Å². The lowest BCUT2D eigenvalue weighted by Crippen LogP contribution is -2.44. The third-order valence-corrected chi connectivity index (χ3v) is 4.00. The minimum absolute atomic E-state index is 0.398. The second-order valence-electron chi connectivity index (χ2n) is 7.86. The molecule has 1 aliphatic heterocycles. The van der Waals surface area contributed by atoms with Crippen LogP contribution in [-0.4, -0.2) is 47.7 Å². The van der Waals surface area contributed by atoms with E-state index in [4.69, 9.17) is 9.47 Å². The van der Waals surface area contributed by atoms with Crippen molar-refractivity contribution >= 4 is 23.7 Å². The molecule has 2 amide bonds. The number of amides is 2. The average molecular weight is 376 g/mol. The van der Waals surface area contributed by atoms with Gasteiger partial charge in [0.1, 0.15) is 11.6 Å². The van der Waals surface area contributed by atoms with E-state index in [2.05, 4.69) is 5.32 Å². The number of anilines is 1. The lowest BCUT2D eigenvalue weighted by atomic mass is 10.1. The maximum atomic E-state index is 12.3. The molecule has 1 saturated heterocycles. The molecule has 1 atom stereocenters. The number of rotatable bonds is 4. The molecule has 2 rings (SSSR count). The third kappa shape index (κ3) is 6.27. The number of likely N-dealkylation sites (tertiary alicyclic amines) is 1. The molecule has 1 aliphatic rings. The first-order valence-corrected chi connectivity index (χ1v) is 9.09. The zero-order valence-corrected chi connectivity index (χ0v) is 16.6. The molecular weight excluding hydrogens is 348 g/mol. The van der Waals surface area contributed by atoms with Gasteiger partial charge in [-0.05, 0) is 70.7 Å². The summed E-state index contributed by atoms with van der Waals surface area (Å²) in [6.45, 7) is 9.22. The standard InChI is InChI=1S/C20H28N2O5/c1-13-9-14(2)11-15(10-13)21-17(23)12-26-18(24)16-7-6-8-22(16)19(25)27-20(3,4)5/h9-11,16H,6-8,12H2,1-5H3,(H,21,23)/t16-/m0/s1. The van der Waals surface area contributed by atoms with E-state index in [1.54, 1.807) is 20.8 Å². The summed E-state index contributed by atoms with van der Waals surface area (Å²) >= 11 is 0. The fraction of sp³-hybridized carbons (Fsp3) is 0.550. The lowest BCUT2D eigenvalue weighted by Gasteiger charge is -2.27. The molecule has 1 heterocycles. The van der Waals surface area contributed by atoms with E-state index in [-0.39, 0.29) is 0 Å². The highest BCUT2D eigenvalue weighted by molar-refractivity contribution is 5.93. The largest absolute Gasteiger partial charge is 0.454 e. The summed E-state index contributed by atoms with van der Waals surface area (Å²) < 4.78 is 10.5. The minimum Gasteiger partial charge on any atom is -0.454 e. The smallest absolute Gasteiger partial charge is 0.411 e. The number of carbonyl (C=O) groups is 3. The van der Waals surface area contributed by atoms with Crippen LogP contribution < -0.4 is 5.32 Å². The van der Waals surface area contributed by atoms with E-state index >= 15 is 0 Å². The van der Waals surface area contributed by atoms with Crippen LogP contribution in [0.1, 0.15) is 44.7 Å². The zero-order valence-electron chi connectivity index (χ0n) is 16.6. The molecule has 7 nitrogen and oxygen atoms in total. The molecule has 1 fully saturated rings. The number of hydrogen-bond acceptors (Lipinski definition) is 5. The van der Waals surface area contributed by atoms with Gasteiger partial charge in [0.15, 0.2) is 6.61 Å². The van der Waals surface area contributed by atoms with Crippen molar-refractivity contribution < 1.29 is 23.9 Å². The fourth-order valence-corrected chi connectivity index (χ4v) is 3.03. The van der Waals surface area contributed by atoms with Gasteiger partial charge in [-0.25, -0.2) is 9.59 Å². The van der Waals surface area contributed by atoms with Crippen molar-refractivity contribution in [2.75, 3.05) is 18.5 Å². The Morgan fingerprint density at radius 1 is 1.15 bits per heavy atom. The number of carbonyl (C=O) groups excluding carboxylic acids is 3. The Labute approximate surface area is 160 Å². The van der Waals surface area contributed by atoms with Gasteiger partial charge in [-0.15, -0.1) is 0 Å². The molecule has 1 aromatic rings. The number of aryl methyl sites for hydroxylation is 2. The van der Waals surface area contributed by atoms with Crippen molar-refractivity contribution in [3.8, 4) is 0 Å². The van der Waals surface area contributed by atoms with E-state index in [1.165, 1.54) is 4.90 Å². The van der Waals surface area contributed by atoms with E-state index in [0.29, 0.717) is 25.1 Å². The van der Waals surface area contributed by atoms with Gasteiger partial charge in [0.2, 0.25) is 0 Å². The zero-order chi connectivity index (χ0) is 20.2. The van der Waals surface area contributed by atoms with Crippen molar-refractivity contribution in [3.63, 3.8) is 0 Å². The first kappa shape index (κ1) is 20.7. The van der Waals surface area contributed by atoms with E-state index in [1.807, 2.05) is 32.0 Å². The summed E-state index contributed by atoms with van der Waals surface area (Å²) in [6, 6.07) is 4.97. The molecule has 0 radical (unpaired) electrons. The van der Waals surface area contributed by atoms with Gasteiger partial charge in [0.25, 0.3) is 5.91 Å². The van der Waals surface area contributed by atoms with Crippen molar-refractivity contribution in [2.24, 2.45) is 0 Å². The lowest BCUT2D eigenvalue weighted by molar-refractivity contribution is -0.151. The quantitative estimate of drug-likeness (QED) is 0.816. The highest BCUT2D eigenvalue weighted by Crippen LogP contribution is 2.22. The molecule has 0 unspecified atom stereocenters. The summed E-state index contributed by atoms with van der Waals surface area (Å²) in [5.74, 6) is -1.01. The maximum absolute atomic E-state index is 12.3. The van der Waals surface area contributed by atoms with Crippen LogP contribution in [0.5, 0.6) is 0 Å². The first-order valence-electron chi connectivity index (χ1n) is 9.09. The van der Waals surface area contributed by atoms with Gasteiger partial charge in [0, 0.05) is 12.2 Å². The Kier molecular flexibility index (Phi) is 6.46. The summed E-state index contributed by atoms with van der Waals surface area (Å²) in [4.78, 5) is 38.0. The molecule has 0 aliphatic carbocycles. The molecule has 1 aromatic carbocycles. The summed E-state index contributed by atoms with van der Waals surface area (Å²) in [5.41, 5.74) is 2.08. The number of benzene rings is 1. The summed E-state index contributed by atoms with van der Waals surface area (Å²) in [5, 5.41) is 2.71. The molecule has 148 valence electrons. The van der Waals surface area contributed by atoms with Crippen LogP contribution in [0.25, 0.3) is 0 Å². The number of nitrogens with one attached hydrogen (secondary N) is 1. The predicted molar refractivity (Wildman–Crippen MR) is 101 cm³/mol. The van der Waals surface area contributed by atoms with Crippen LogP contribution in [0, 0.1) is 13.8 Å². The van der Waals surface area contributed by atoms with E-state index < -0.39 is 36.2 Å². The average Bonchev–Trinajstić information content (AvgIpc) is 2.99. The molecule has 0 aromatic heterocycles. The number of hydrogen-bond donors (Lipinski definition) is 1. The number of esters is 1. The number of ether oxygens (including phenoxy) is 2. The van der Waals surface area contributed by atoms with Crippen molar-refractivity contribution in [1.82, 2.24) is 4.90 Å². The van der Waals surface area contributed by atoms with Crippen LogP contribution in [0.2, 0.25) is 0 Å². The summed E-state index contributed by atoms with van der Waals surface area (Å²) in [7, 11) is 0. The monoisotopic (exact) mass is 376 g/mol. The molecule has 7 heteroatoms. The topological polar surface area (TPSA) is 84.9 Å². The Morgan fingerprint density at radius 2 is 1.78 bits per heavy atom. The van der Waals surface area contributed by atoms with Crippen LogP contribution in [0.3, 0.4) is 0 Å². The van der Waals surface area contributed by atoms with Gasteiger partial charge >= 0.3 is 12.1 Å². The molecular formula is C20H28N2O5. The Morgan fingerprint density at radius 3 is 2.37 bits per heavy atom. The van der Waals surface area contributed by atoms with E-state index in [9.17, 15) is 14.4 Å². The van der Waals surface area contributed by atoms with Crippen LogP contribution in [-0.2, 0) is 19.1 Å². The molecule has 1 N–H and O–H groups in total. The Hall–Kier alpha value is -2.57. The molecule has 0 saturated carbocycles. The second-order valence-corrected chi connectivity index (χ2v) is 7.86. The van der Waals surface area contributed by atoms with Gasteiger partial charge < -0.3 is 14.8 Å². The number of nitrogens with zero attached hydrogens (tertiary/aromatic N) is 1. The van der Waals surface area contributed by atoms with Crippen LogP contribution in [0.4, 0.5) is 10.5 Å². The third-order valence-electron chi connectivity index (χ3n) is 4.00. The highest BCUT2D eigenvalue weighted by Gasteiger charge is 2.37. The normalized spacial score (nSPS) is 16.8. The Bertz CT molecular complexity index is 703. The Balaban J connectivity index is 1.88. The second kappa shape index (κ2) is 8.41. The predicted octanol–water partition coefficient (Wildman–Crippen LogP) is 3.18. The van der Waals surface area contributed by atoms with Crippen LogP contribution >= 0.6 is 0 Å². The highest BCUT2D eigenvalue weighted by atomic mass is 16.6.